The summed E-state index contributed by atoms with van der Waals surface area (Å²) >= 11 is 12.0. The number of aliphatic carboxylic acids is 1. The van der Waals surface area contributed by atoms with Crippen molar-refractivity contribution in [2.24, 2.45) is 41.1 Å². The van der Waals surface area contributed by atoms with Crippen LogP contribution in [0.1, 0.15) is 232 Å². The number of epoxide rings is 2. The molecule has 24 nitrogen and oxygen atoms in total. The largest absolute Gasteiger partial charge is 0.480 e. The predicted molar refractivity (Wildman–Crippen MR) is 433 cm³/mol. The van der Waals surface area contributed by atoms with Crippen LogP contribution in [0.15, 0.2) is 97.1 Å². The number of unbranched alkanes of at least 4 members (excludes halogenated alkanes) is 8. The smallest absolute Gasteiger partial charge is 0.407 e. The third-order valence-corrected chi connectivity index (χ3v) is 19.8. The number of Topliss-reactive ketones (excluding diaryl/α,β-unsaturated/α-hetero) is 7. The number of nitrogens with one attached hydrogen (secondary N) is 5. The number of carbonyl (C=O) groups excluding carboxylic acids is 12. The number of rotatable bonds is 49. The average molecular weight is 1600 g/mol. The standard InChI is InChI=1S/C41H56ClN3O7.C40H56ClN3O8.C5H9NO2/c1-5-7-9-11-33(36(47)21-26(3)39(49)38-25-52-38)44-40(50)27(4)22-37(48)34(12-10-8-6-2)45-41(51)31(24-43)23-35(46)30-15-13-28(14-16-30)29-17-19-32(42)20-18-29;1-7-9-11-13-32(35(46)23-26(3)36(47)44-33(38(49)50)14-12-10-8-2)43-37(48)30(25-42-39(51)52-40(4,5)6)24-34(45)29-17-15-27(16-18-29)28-19-21-31(41)22-20-28;1-3(6)5(7)4-2-8-4/h13-20,26-27,31,33-34,38H,5-12,21-25,43H2,1-4H3,(H,44,50)(H,45,51);15-22,26,30,32-33H,7-14,23-25H2,1-6H3,(H,42,51)(H,43,48)(H,44,47)(H,49,50);3-4H,2,6H2,1H3/t26-,27-,31+,33+,34+,38?;26-,30+,32+,33+;3-,4?/m110/s1. The van der Waals surface area contributed by atoms with E-state index in [1.807, 2.05) is 64.1 Å². The van der Waals surface area contributed by atoms with Crippen molar-refractivity contribution >= 4 is 99.4 Å². The number of carboxylic acids is 1. The van der Waals surface area contributed by atoms with Crippen molar-refractivity contribution < 1.29 is 81.6 Å². The molecule has 26 heteroatoms. The topological polar surface area (TPSA) is 389 Å². The molecular formula is C86H121Cl2N7O17. The van der Waals surface area contributed by atoms with Gasteiger partial charge in [0.15, 0.2) is 40.5 Å². The number of benzene rings is 4. The number of nitrogens with two attached hydrogens (primary N) is 2. The maximum atomic E-state index is 13.8. The van der Waals surface area contributed by atoms with Crippen LogP contribution in [0, 0.1) is 29.6 Å². The monoisotopic (exact) mass is 1590 g/mol. The van der Waals surface area contributed by atoms with Gasteiger partial charge in [0.05, 0.1) is 49.2 Å². The Morgan fingerprint density at radius 3 is 1.09 bits per heavy atom. The Bertz CT molecular complexity index is 3700. The maximum Gasteiger partial charge on any atom is 0.407 e. The van der Waals surface area contributed by atoms with E-state index in [0.717, 1.165) is 80.0 Å². The average Bonchev–Trinajstić information content (AvgIpc) is 1.41. The predicted octanol–water partition coefficient (Wildman–Crippen LogP) is 13.3. The van der Waals surface area contributed by atoms with Crippen molar-refractivity contribution in [1.82, 2.24) is 26.6 Å². The Hall–Kier alpha value is -8.39. The second-order valence-electron chi connectivity index (χ2n) is 30.5. The highest BCUT2D eigenvalue weighted by Gasteiger charge is 2.38. The van der Waals surface area contributed by atoms with Gasteiger partial charge in [-0.2, -0.15) is 0 Å². The van der Waals surface area contributed by atoms with Gasteiger partial charge in [-0.1, -0.05) is 222 Å². The van der Waals surface area contributed by atoms with Crippen molar-refractivity contribution in [2.45, 2.75) is 259 Å². The van der Waals surface area contributed by atoms with Crippen LogP contribution < -0.4 is 38.1 Å². The molecule has 4 aromatic rings. The van der Waals surface area contributed by atoms with Gasteiger partial charge >= 0.3 is 12.1 Å². The number of halogens is 2. The van der Waals surface area contributed by atoms with Crippen LogP contribution in [0.2, 0.25) is 10.0 Å². The number of amides is 5. The van der Waals surface area contributed by atoms with E-state index in [1.165, 1.54) is 0 Å². The van der Waals surface area contributed by atoms with Crippen molar-refractivity contribution in [3.8, 4) is 22.3 Å². The first-order chi connectivity index (χ1) is 53.1. The number of carboxylic acid groups (broad SMARTS) is 1. The first-order valence-electron chi connectivity index (χ1n) is 39.7. The van der Waals surface area contributed by atoms with E-state index in [9.17, 15) is 67.4 Å². The van der Waals surface area contributed by atoms with E-state index in [0.29, 0.717) is 72.9 Å². The summed E-state index contributed by atoms with van der Waals surface area (Å²) in [6.07, 6.45) is 9.06. The van der Waals surface area contributed by atoms with Gasteiger partial charge in [0.25, 0.3) is 0 Å². The zero-order chi connectivity index (χ0) is 83.2. The Morgan fingerprint density at radius 2 is 0.768 bits per heavy atom. The highest BCUT2D eigenvalue weighted by molar-refractivity contribution is 6.31. The molecule has 12 atom stereocenters. The lowest BCUT2D eigenvalue weighted by Gasteiger charge is -2.24. The lowest BCUT2D eigenvalue weighted by Crippen LogP contribution is -2.48. The van der Waals surface area contributed by atoms with E-state index in [2.05, 4.69) is 26.6 Å². The molecular weight excluding hydrogens is 1470 g/mol. The van der Waals surface area contributed by atoms with E-state index in [4.69, 9.17) is 48.9 Å². The molecule has 0 radical (unpaired) electrons. The minimum absolute atomic E-state index is 0.00807. The third-order valence-electron chi connectivity index (χ3n) is 19.3. The van der Waals surface area contributed by atoms with Crippen molar-refractivity contribution in [3.63, 3.8) is 0 Å². The van der Waals surface area contributed by atoms with E-state index < -0.39 is 101 Å². The zero-order valence-corrected chi connectivity index (χ0v) is 68.7. The SMILES string of the molecule is CCCCC[C@H](NC(=O)[C@H](C)CC(=O)[C@H](CCCCC)NC(=O)[C@H](CNC(=O)OC(C)(C)C)CC(=O)c1ccc(-c2ccc(Cl)cc2)cc1)C(=O)O.CCCCC[C@H](NC(=O)[C@H](CN)CC(=O)c1ccc(-c2ccc(Cl)cc2)cc1)C(=O)C[C@@H](C)C(=O)N[C@@H](CCCCC)C(=O)C[C@@H](C)C(=O)C1CO1.C[C@H](N)C(=O)C1CO1. The fourth-order valence-corrected chi connectivity index (χ4v) is 12.4. The summed E-state index contributed by atoms with van der Waals surface area (Å²) < 4.78 is 15.1. The molecule has 0 spiro atoms. The second kappa shape index (κ2) is 50.0. The minimum Gasteiger partial charge on any atom is -0.480 e. The van der Waals surface area contributed by atoms with Gasteiger partial charge in [0, 0.05) is 84.1 Å². The molecule has 2 heterocycles. The number of hydrogen-bond donors (Lipinski definition) is 8. The summed E-state index contributed by atoms with van der Waals surface area (Å²) in [4.78, 5) is 168. The number of carbonyl (C=O) groups is 13. The molecule has 0 saturated carbocycles. The van der Waals surface area contributed by atoms with Crippen molar-refractivity contribution in [2.75, 3.05) is 26.3 Å². The van der Waals surface area contributed by atoms with Gasteiger partial charge < -0.3 is 57.4 Å². The van der Waals surface area contributed by atoms with Gasteiger partial charge in [0.2, 0.25) is 23.6 Å². The van der Waals surface area contributed by atoms with Crippen molar-refractivity contribution in [1.29, 1.82) is 0 Å². The van der Waals surface area contributed by atoms with E-state index >= 15 is 0 Å². The molecule has 2 aliphatic rings. The molecule has 0 bridgehead atoms. The first kappa shape index (κ1) is 96.0. The summed E-state index contributed by atoms with van der Waals surface area (Å²) in [6.45, 7) is 20.4. The number of ether oxygens (including phenoxy) is 3. The molecule has 5 amide bonds. The van der Waals surface area contributed by atoms with Gasteiger partial charge in [-0.25, -0.2) is 9.59 Å². The van der Waals surface area contributed by atoms with Crippen LogP contribution in [0.3, 0.4) is 0 Å². The first-order valence-corrected chi connectivity index (χ1v) is 40.4. The summed E-state index contributed by atoms with van der Waals surface area (Å²) in [5.74, 6) is -8.76. The molecule has 4 aromatic carbocycles. The number of hydrogen-bond acceptors (Lipinski definition) is 18. The highest BCUT2D eigenvalue weighted by atomic mass is 35.5. The Balaban J connectivity index is 0.000000428. The van der Waals surface area contributed by atoms with Crippen molar-refractivity contribution in [3.05, 3.63) is 118 Å². The van der Waals surface area contributed by atoms with Crippen LogP contribution in [-0.4, -0.2) is 156 Å². The molecule has 2 unspecified atom stereocenters. The van der Waals surface area contributed by atoms with Crippen LogP contribution in [0.25, 0.3) is 22.3 Å². The summed E-state index contributed by atoms with van der Waals surface area (Å²) in [5.41, 5.74) is 14.9. The Labute approximate surface area is 670 Å². The maximum absolute atomic E-state index is 13.8. The molecule has 6 rings (SSSR count). The van der Waals surface area contributed by atoms with Gasteiger partial charge in [-0.3, -0.25) is 52.7 Å². The van der Waals surface area contributed by atoms with Crippen LogP contribution >= 0.6 is 23.2 Å². The molecule has 616 valence electrons. The summed E-state index contributed by atoms with van der Waals surface area (Å²) in [5, 5.41) is 24.5. The summed E-state index contributed by atoms with van der Waals surface area (Å²) in [6, 6.07) is 24.7. The summed E-state index contributed by atoms with van der Waals surface area (Å²) in [7, 11) is 0. The number of ketones is 7. The number of alkyl carbamates (subject to hydrolysis) is 1. The fraction of sp³-hybridized carbons (Fsp3) is 0.570. The lowest BCUT2D eigenvalue weighted by molar-refractivity contribution is -0.143. The molecule has 10 N–H and O–H groups in total. The molecule has 0 aliphatic carbocycles. The molecule has 112 heavy (non-hydrogen) atoms. The molecule has 0 aromatic heterocycles. The van der Waals surface area contributed by atoms with Crippen LogP contribution in [-0.2, 0) is 62.2 Å². The van der Waals surface area contributed by atoms with E-state index in [1.54, 1.807) is 109 Å². The normalized spacial score (nSPS) is 16.1. The van der Waals surface area contributed by atoms with Gasteiger partial charge in [-0.15, -0.1) is 0 Å². The molecule has 2 fully saturated rings. The van der Waals surface area contributed by atoms with Gasteiger partial charge in [0.1, 0.15) is 23.9 Å². The van der Waals surface area contributed by atoms with Gasteiger partial charge in [-0.05, 0) is 99.9 Å². The Kier molecular flexibility index (Phi) is 42.8. The third kappa shape index (κ3) is 35.8. The lowest BCUT2D eigenvalue weighted by atomic mass is 9.91. The quantitative estimate of drug-likeness (QED) is 0.0116. The zero-order valence-electron chi connectivity index (χ0n) is 67.2. The highest BCUT2D eigenvalue weighted by Crippen LogP contribution is 2.27. The van der Waals surface area contributed by atoms with Crippen LogP contribution in [0.4, 0.5) is 4.79 Å². The molecule has 2 saturated heterocycles. The minimum atomic E-state index is -1.13. The molecule has 2 aliphatic heterocycles. The fourth-order valence-electron chi connectivity index (χ4n) is 12.2. The second-order valence-corrected chi connectivity index (χ2v) is 31.3. The van der Waals surface area contributed by atoms with E-state index in [-0.39, 0.29) is 104 Å². The Morgan fingerprint density at radius 1 is 0.455 bits per heavy atom. The van der Waals surface area contributed by atoms with Crippen LogP contribution in [0.5, 0.6) is 0 Å².